The lowest BCUT2D eigenvalue weighted by Crippen LogP contribution is -2.15. The minimum Gasteiger partial charge on any atom is -0.480 e. The van der Waals surface area contributed by atoms with Crippen molar-refractivity contribution in [2.24, 2.45) is 0 Å². The van der Waals surface area contributed by atoms with Crippen LogP contribution in [0.4, 0.5) is 24.8 Å². The van der Waals surface area contributed by atoms with E-state index in [9.17, 15) is 13.2 Å². The first-order valence-corrected chi connectivity index (χ1v) is 10.2. The predicted octanol–water partition coefficient (Wildman–Crippen LogP) is 4.16. The van der Waals surface area contributed by atoms with E-state index in [1.54, 1.807) is 12.1 Å². The summed E-state index contributed by atoms with van der Waals surface area (Å²) in [5, 5.41) is 6.37. The second-order valence-corrected chi connectivity index (χ2v) is 7.80. The van der Waals surface area contributed by atoms with Crippen molar-refractivity contribution in [3.8, 4) is 22.5 Å². The van der Waals surface area contributed by atoms with Crippen LogP contribution in [0.1, 0.15) is 17.7 Å². The van der Waals surface area contributed by atoms with Crippen LogP contribution in [-0.4, -0.2) is 43.3 Å². The van der Waals surface area contributed by atoms with Gasteiger partial charge in [0, 0.05) is 11.3 Å². The van der Waals surface area contributed by atoms with Crippen LogP contribution < -0.4 is 14.8 Å². The highest BCUT2D eigenvalue weighted by Crippen LogP contribution is 2.32. The molecule has 0 bridgehead atoms. The normalized spacial score (nSPS) is 12.4. The molecule has 0 aromatic carbocycles. The fraction of sp³-hybridized carbons (Fsp3) is 0.263. The van der Waals surface area contributed by atoms with Gasteiger partial charge >= 0.3 is 12.1 Å². The van der Waals surface area contributed by atoms with Gasteiger partial charge in [-0.25, -0.2) is 0 Å². The summed E-state index contributed by atoms with van der Waals surface area (Å²) in [6.45, 7) is 1.84. The summed E-state index contributed by atoms with van der Waals surface area (Å²) < 4.78 is 53.1. The summed E-state index contributed by atoms with van der Waals surface area (Å²) in [7, 11) is 1.49. The summed E-state index contributed by atoms with van der Waals surface area (Å²) in [6, 6.07) is 3.41. The average molecular weight is 479 g/mol. The molecule has 0 aliphatic heterocycles. The van der Waals surface area contributed by atoms with Gasteiger partial charge in [-0.2, -0.15) is 28.1 Å². The molecule has 0 saturated carbocycles. The van der Waals surface area contributed by atoms with Gasteiger partial charge in [-0.1, -0.05) is 5.16 Å². The third-order valence-corrected chi connectivity index (χ3v) is 5.15. The van der Waals surface area contributed by atoms with E-state index in [4.69, 9.17) is 9.47 Å². The molecule has 1 unspecified atom stereocenters. The number of ether oxygens (including phenoxy) is 2. The van der Waals surface area contributed by atoms with Crippen molar-refractivity contribution in [2.45, 2.75) is 25.6 Å². The van der Waals surface area contributed by atoms with Gasteiger partial charge in [0.15, 0.2) is 11.6 Å². The van der Waals surface area contributed by atoms with Crippen molar-refractivity contribution in [3.63, 3.8) is 0 Å². The van der Waals surface area contributed by atoms with Crippen molar-refractivity contribution in [3.05, 3.63) is 47.7 Å². The Hall–Kier alpha value is -3.81. The highest BCUT2D eigenvalue weighted by atomic mass is 32.1. The van der Waals surface area contributed by atoms with E-state index >= 15 is 0 Å². The minimum absolute atomic E-state index is 0.113. The third-order valence-electron chi connectivity index (χ3n) is 4.05. The van der Waals surface area contributed by atoms with E-state index in [0.29, 0.717) is 28.8 Å². The second-order valence-electron chi connectivity index (χ2n) is 6.63. The first-order valence-electron chi connectivity index (χ1n) is 9.42. The molecule has 0 amide bonds. The Morgan fingerprint density at radius 2 is 1.73 bits per heavy atom. The van der Waals surface area contributed by atoms with Crippen LogP contribution in [0.25, 0.3) is 10.7 Å². The van der Waals surface area contributed by atoms with E-state index in [-0.39, 0.29) is 17.8 Å². The van der Waals surface area contributed by atoms with E-state index < -0.39 is 12.1 Å². The van der Waals surface area contributed by atoms with Crippen LogP contribution in [0.3, 0.4) is 0 Å². The quantitative estimate of drug-likeness (QED) is 0.394. The molecule has 14 heteroatoms. The van der Waals surface area contributed by atoms with Crippen LogP contribution >= 0.6 is 11.3 Å². The van der Waals surface area contributed by atoms with Gasteiger partial charge in [0.1, 0.15) is 6.10 Å². The molecule has 0 fully saturated rings. The zero-order valence-electron chi connectivity index (χ0n) is 17.2. The summed E-state index contributed by atoms with van der Waals surface area (Å²) in [5.41, 5.74) is 0. The summed E-state index contributed by atoms with van der Waals surface area (Å²) in [4.78, 5) is 21.4. The highest BCUT2D eigenvalue weighted by molar-refractivity contribution is 7.15. The van der Waals surface area contributed by atoms with Crippen LogP contribution in [0.5, 0.6) is 11.8 Å². The van der Waals surface area contributed by atoms with E-state index in [1.165, 1.54) is 43.2 Å². The number of nitrogens with one attached hydrogen (secondary N) is 1. The lowest BCUT2D eigenvalue weighted by molar-refractivity contribution is -0.159. The molecule has 33 heavy (non-hydrogen) atoms. The molecular weight excluding hydrogens is 463 g/mol. The Morgan fingerprint density at radius 1 is 1.03 bits per heavy atom. The van der Waals surface area contributed by atoms with Crippen molar-refractivity contribution in [1.29, 1.82) is 0 Å². The first kappa shape index (κ1) is 22.4. The molecule has 4 aromatic heterocycles. The fourth-order valence-corrected chi connectivity index (χ4v) is 3.73. The standard InChI is InChI=1S/C19H16F3N7O3S/c1-10(5-11-3-4-12(33-11)17-28-18(32-29-17)19(20,21)22)31-16-9-24-7-14(27-16)25-13-6-23-8-15(26-13)30-2/h3-4,6-10H,5H2,1-2H3,(H,25,26,27). The number of halogens is 3. The van der Waals surface area contributed by atoms with E-state index in [0.717, 1.165) is 4.88 Å². The Labute approximate surface area is 188 Å². The summed E-state index contributed by atoms with van der Waals surface area (Å²) in [6.07, 6.45) is 1.46. The van der Waals surface area contributed by atoms with Crippen molar-refractivity contribution in [1.82, 2.24) is 30.1 Å². The predicted molar refractivity (Wildman–Crippen MR) is 110 cm³/mol. The highest BCUT2D eigenvalue weighted by Gasteiger charge is 2.38. The number of methoxy groups -OCH3 is 1. The minimum atomic E-state index is -4.68. The van der Waals surface area contributed by atoms with Gasteiger partial charge in [-0.3, -0.25) is 9.97 Å². The summed E-state index contributed by atoms with van der Waals surface area (Å²) in [5.74, 6) is -0.0326. The van der Waals surface area contributed by atoms with Crippen LogP contribution in [0.15, 0.2) is 41.4 Å². The lowest BCUT2D eigenvalue weighted by atomic mass is 10.2. The van der Waals surface area contributed by atoms with Crippen molar-refractivity contribution < 1.29 is 27.2 Å². The van der Waals surface area contributed by atoms with Crippen LogP contribution in [-0.2, 0) is 12.6 Å². The van der Waals surface area contributed by atoms with Gasteiger partial charge in [0.05, 0.1) is 36.8 Å². The van der Waals surface area contributed by atoms with Gasteiger partial charge in [0.2, 0.25) is 17.6 Å². The number of hydrogen-bond acceptors (Lipinski definition) is 11. The maximum Gasteiger partial charge on any atom is 0.471 e. The van der Waals surface area contributed by atoms with Crippen LogP contribution in [0, 0.1) is 0 Å². The van der Waals surface area contributed by atoms with E-state index in [2.05, 4.69) is 39.9 Å². The number of rotatable bonds is 8. The maximum absolute atomic E-state index is 12.6. The Balaban J connectivity index is 1.38. The number of aromatic nitrogens is 6. The number of nitrogens with zero attached hydrogens (tertiary/aromatic N) is 6. The molecule has 0 radical (unpaired) electrons. The number of alkyl halides is 3. The zero-order valence-corrected chi connectivity index (χ0v) is 18.0. The first-order chi connectivity index (χ1) is 15.8. The molecular formula is C19H16F3N7O3S. The van der Waals surface area contributed by atoms with Gasteiger partial charge in [-0.15, -0.1) is 11.3 Å². The molecule has 1 atom stereocenters. The molecule has 4 aromatic rings. The maximum atomic E-state index is 12.6. The molecule has 10 nitrogen and oxygen atoms in total. The molecule has 0 saturated heterocycles. The number of thiophene rings is 1. The van der Waals surface area contributed by atoms with Crippen molar-refractivity contribution >= 4 is 23.0 Å². The van der Waals surface area contributed by atoms with Gasteiger partial charge in [0.25, 0.3) is 0 Å². The molecule has 172 valence electrons. The second kappa shape index (κ2) is 9.36. The zero-order chi connectivity index (χ0) is 23.4. The molecule has 4 rings (SSSR count). The Kier molecular flexibility index (Phi) is 6.35. The van der Waals surface area contributed by atoms with Gasteiger partial charge in [-0.05, 0) is 19.1 Å². The molecule has 1 N–H and O–H groups in total. The molecule has 0 spiro atoms. The van der Waals surface area contributed by atoms with Crippen LogP contribution in [0.2, 0.25) is 0 Å². The molecule has 4 heterocycles. The van der Waals surface area contributed by atoms with Gasteiger partial charge < -0.3 is 19.3 Å². The Bertz CT molecular complexity index is 1230. The largest absolute Gasteiger partial charge is 0.480 e. The fourth-order valence-electron chi connectivity index (χ4n) is 2.68. The monoisotopic (exact) mass is 479 g/mol. The lowest BCUT2D eigenvalue weighted by Gasteiger charge is -2.13. The van der Waals surface area contributed by atoms with Crippen molar-refractivity contribution in [2.75, 3.05) is 12.4 Å². The SMILES string of the molecule is COc1cncc(Nc2cncc(OC(C)Cc3ccc(-c4noc(C(F)(F)F)n4)s3)n2)n1. The summed E-state index contributed by atoms with van der Waals surface area (Å²) >= 11 is 1.25. The molecule has 0 aliphatic carbocycles. The van der Waals surface area contributed by atoms with E-state index in [1.807, 2.05) is 6.92 Å². The number of hydrogen-bond donors (Lipinski definition) is 1. The third kappa shape index (κ3) is 5.71. The Morgan fingerprint density at radius 3 is 2.39 bits per heavy atom. The average Bonchev–Trinajstić information content (AvgIpc) is 3.43. The smallest absolute Gasteiger partial charge is 0.471 e. The number of anilines is 2. The molecule has 0 aliphatic rings. The topological polar surface area (TPSA) is 121 Å².